The number of rotatable bonds is 7. The summed E-state index contributed by atoms with van der Waals surface area (Å²) in [6.45, 7) is 1.98. The summed E-state index contributed by atoms with van der Waals surface area (Å²) in [5, 5.41) is 3.95. The van der Waals surface area contributed by atoms with Crippen molar-refractivity contribution in [3.63, 3.8) is 0 Å². The average Bonchev–Trinajstić information content (AvgIpc) is 2.39. The van der Waals surface area contributed by atoms with E-state index in [9.17, 15) is 4.79 Å². The van der Waals surface area contributed by atoms with Crippen LogP contribution in [0.3, 0.4) is 0 Å². The van der Waals surface area contributed by atoms with Crippen molar-refractivity contribution in [3.05, 3.63) is 29.8 Å². The molecule has 1 atom stereocenters. The maximum atomic E-state index is 11.7. The molecule has 1 rings (SSSR count). The highest BCUT2D eigenvalue weighted by Gasteiger charge is 2.09. The van der Waals surface area contributed by atoms with Crippen molar-refractivity contribution in [1.29, 1.82) is 0 Å². The molecule has 0 fully saturated rings. The van der Waals surface area contributed by atoms with Gasteiger partial charge >= 0.3 is 0 Å². The number of ether oxygens (including phenoxy) is 1. The van der Waals surface area contributed by atoms with E-state index in [0.29, 0.717) is 6.42 Å². The molecule has 0 radical (unpaired) electrons. The third kappa shape index (κ3) is 5.08. The zero-order valence-corrected chi connectivity index (χ0v) is 12.5. The zero-order valence-electron chi connectivity index (χ0n) is 10.9. The Kier molecular flexibility index (Phi) is 6.80. The lowest BCUT2D eigenvalue weighted by atomic mass is 10.1. The van der Waals surface area contributed by atoms with Crippen LogP contribution in [0.2, 0.25) is 0 Å². The van der Waals surface area contributed by atoms with Crippen molar-refractivity contribution in [1.82, 2.24) is 5.32 Å². The molecule has 18 heavy (non-hydrogen) atoms. The van der Waals surface area contributed by atoms with E-state index in [4.69, 9.17) is 4.74 Å². The van der Waals surface area contributed by atoms with Crippen LogP contribution < -0.4 is 10.1 Å². The highest BCUT2D eigenvalue weighted by Crippen LogP contribution is 2.18. The second kappa shape index (κ2) is 8.14. The standard InChI is InChI=1S/C14H20BrNO2/c1-11(16-14(17)8-3-4-9-15)12-6-5-7-13(10-12)18-2/h5-7,10-11H,3-4,8-9H2,1-2H3,(H,16,17)/t11-/m0/s1. The lowest BCUT2D eigenvalue weighted by Gasteiger charge is -2.15. The Hall–Kier alpha value is -1.03. The van der Waals surface area contributed by atoms with E-state index < -0.39 is 0 Å². The fourth-order valence-corrected chi connectivity index (χ4v) is 2.08. The molecule has 3 nitrogen and oxygen atoms in total. The van der Waals surface area contributed by atoms with Crippen LogP contribution >= 0.6 is 15.9 Å². The highest BCUT2D eigenvalue weighted by molar-refractivity contribution is 9.09. The Labute approximate surface area is 117 Å². The van der Waals surface area contributed by atoms with Crippen molar-refractivity contribution < 1.29 is 9.53 Å². The first kappa shape index (κ1) is 15.0. The van der Waals surface area contributed by atoms with Gasteiger partial charge in [0.15, 0.2) is 0 Å². The first-order valence-corrected chi connectivity index (χ1v) is 7.28. The number of alkyl halides is 1. The molecule has 0 aliphatic heterocycles. The molecule has 0 heterocycles. The van der Waals surface area contributed by atoms with Crippen LogP contribution in [0.25, 0.3) is 0 Å². The zero-order chi connectivity index (χ0) is 13.4. The van der Waals surface area contributed by atoms with E-state index >= 15 is 0 Å². The molecule has 1 aromatic carbocycles. The summed E-state index contributed by atoms with van der Waals surface area (Å²) in [6.07, 6.45) is 2.53. The molecule has 0 aromatic heterocycles. The topological polar surface area (TPSA) is 38.3 Å². The van der Waals surface area contributed by atoms with Gasteiger partial charge in [0.2, 0.25) is 5.91 Å². The van der Waals surface area contributed by atoms with Crippen LogP contribution in [-0.2, 0) is 4.79 Å². The fourth-order valence-electron chi connectivity index (χ4n) is 1.69. The molecular weight excluding hydrogens is 294 g/mol. The number of hydrogen-bond donors (Lipinski definition) is 1. The number of unbranched alkanes of at least 4 members (excludes halogenated alkanes) is 1. The van der Waals surface area contributed by atoms with E-state index in [1.54, 1.807) is 7.11 Å². The van der Waals surface area contributed by atoms with E-state index in [1.807, 2.05) is 31.2 Å². The summed E-state index contributed by atoms with van der Waals surface area (Å²) in [5.41, 5.74) is 1.06. The quantitative estimate of drug-likeness (QED) is 0.618. The number of carbonyl (C=O) groups excluding carboxylic acids is 1. The van der Waals surface area contributed by atoms with Gasteiger partial charge in [0.25, 0.3) is 0 Å². The van der Waals surface area contributed by atoms with Gasteiger partial charge in [0.1, 0.15) is 5.75 Å². The number of amides is 1. The molecule has 4 heteroatoms. The lowest BCUT2D eigenvalue weighted by molar-refractivity contribution is -0.121. The van der Waals surface area contributed by atoms with Crippen LogP contribution in [-0.4, -0.2) is 18.3 Å². The van der Waals surface area contributed by atoms with Gasteiger partial charge in [-0.05, 0) is 37.5 Å². The number of carbonyl (C=O) groups is 1. The van der Waals surface area contributed by atoms with Gasteiger partial charge in [-0.15, -0.1) is 0 Å². The molecule has 0 spiro atoms. The Balaban J connectivity index is 2.48. The summed E-state index contributed by atoms with van der Waals surface area (Å²) in [5.74, 6) is 0.916. The minimum absolute atomic E-state index is 0.0107. The second-order valence-corrected chi connectivity index (χ2v) is 5.00. The number of benzene rings is 1. The van der Waals surface area contributed by atoms with Crippen LogP contribution in [0, 0.1) is 0 Å². The van der Waals surface area contributed by atoms with Gasteiger partial charge in [-0.3, -0.25) is 4.79 Å². The van der Waals surface area contributed by atoms with E-state index in [0.717, 1.165) is 29.5 Å². The van der Waals surface area contributed by atoms with E-state index in [1.165, 1.54) is 0 Å². The van der Waals surface area contributed by atoms with Crippen molar-refractivity contribution in [3.8, 4) is 5.75 Å². The first-order valence-electron chi connectivity index (χ1n) is 6.16. The molecule has 0 unspecified atom stereocenters. The molecule has 0 saturated carbocycles. The summed E-state index contributed by atoms with van der Waals surface area (Å²) >= 11 is 3.36. The molecule has 0 saturated heterocycles. The Morgan fingerprint density at radius 1 is 1.44 bits per heavy atom. The van der Waals surface area contributed by atoms with Crippen LogP contribution in [0.4, 0.5) is 0 Å². The minimum atomic E-state index is 0.0107. The summed E-state index contributed by atoms with van der Waals surface area (Å²) in [6, 6.07) is 7.78. The first-order chi connectivity index (χ1) is 8.67. The summed E-state index contributed by atoms with van der Waals surface area (Å²) in [4.78, 5) is 11.7. The molecule has 0 aliphatic carbocycles. The summed E-state index contributed by atoms with van der Waals surface area (Å²) in [7, 11) is 1.64. The molecular formula is C14H20BrNO2. The van der Waals surface area contributed by atoms with Crippen molar-refractivity contribution in [2.75, 3.05) is 12.4 Å². The van der Waals surface area contributed by atoms with E-state index in [-0.39, 0.29) is 11.9 Å². The predicted octanol–water partition coefficient (Wildman–Crippen LogP) is 3.44. The number of halogens is 1. The minimum Gasteiger partial charge on any atom is -0.497 e. The van der Waals surface area contributed by atoms with Crippen LogP contribution in [0.15, 0.2) is 24.3 Å². The van der Waals surface area contributed by atoms with Crippen molar-refractivity contribution >= 4 is 21.8 Å². The van der Waals surface area contributed by atoms with Crippen molar-refractivity contribution in [2.24, 2.45) is 0 Å². The number of methoxy groups -OCH3 is 1. The molecule has 0 bridgehead atoms. The molecule has 1 N–H and O–H groups in total. The van der Waals surface area contributed by atoms with Gasteiger partial charge in [-0.1, -0.05) is 28.1 Å². The smallest absolute Gasteiger partial charge is 0.220 e. The van der Waals surface area contributed by atoms with Gasteiger partial charge in [0, 0.05) is 11.8 Å². The third-order valence-corrected chi connectivity index (χ3v) is 3.32. The van der Waals surface area contributed by atoms with Gasteiger partial charge in [0.05, 0.1) is 13.2 Å². The Morgan fingerprint density at radius 2 is 2.22 bits per heavy atom. The van der Waals surface area contributed by atoms with Gasteiger partial charge in [-0.2, -0.15) is 0 Å². The normalized spacial score (nSPS) is 11.9. The Bertz CT molecular complexity index is 382. The van der Waals surface area contributed by atoms with Crippen LogP contribution in [0.5, 0.6) is 5.75 Å². The second-order valence-electron chi connectivity index (χ2n) is 4.21. The van der Waals surface area contributed by atoms with Gasteiger partial charge < -0.3 is 10.1 Å². The number of nitrogens with one attached hydrogen (secondary N) is 1. The van der Waals surface area contributed by atoms with E-state index in [2.05, 4.69) is 21.2 Å². The average molecular weight is 314 g/mol. The molecule has 1 aromatic rings. The maximum Gasteiger partial charge on any atom is 0.220 e. The summed E-state index contributed by atoms with van der Waals surface area (Å²) < 4.78 is 5.17. The van der Waals surface area contributed by atoms with Gasteiger partial charge in [-0.25, -0.2) is 0 Å². The van der Waals surface area contributed by atoms with Crippen molar-refractivity contribution in [2.45, 2.75) is 32.2 Å². The highest BCUT2D eigenvalue weighted by atomic mass is 79.9. The number of hydrogen-bond acceptors (Lipinski definition) is 2. The monoisotopic (exact) mass is 313 g/mol. The fraction of sp³-hybridized carbons (Fsp3) is 0.500. The SMILES string of the molecule is COc1cccc([C@H](C)NC(=O)CCCCBr)c1. The molecule has 100 valence electrons. The van der Waals surface area contributed by atoms with Crippen LogP contribution in [0.1, 0.15) is 37.8 Å². The molecule has 0 aliphatic rings. The molecule has 1 amide bonds. The maximum absolute atomic E-state index is 11.7. The third-order valence-electron chi connectivity index (χ3n) is 2.76. The lowest BCUT2D eigenvalue weighted by Crippen LogP contribution is -2.26. The predicted molar refractivity (Wildman–Crippen MR) is 77.2 cm³/mol. The Morgan fingerprint density at radius 3 is 2.89 bits per heavy atom. The largest absolute Gasteiger partial charge is 0.497 e.